The maximum Gasteiger partial charge on any atom is 0.269 e. The highest BCUT2D eigenvalue weighted by Crippen LogP contribution is 2.32. The van der Waals surface area contributed by atoms with E-state index in [4.69, 9.17) is 0 Å². The zero-order valence-electron chi connectivity index (χ0n) is 17.0. The van der Waals surface area contributed by atoms with E-state index in [2.05, 4.69) is 20.0 Å². The molecule has 2 aromatic carbocycles. The maximum absolute atomic E-state index is 12.7. The van der Waals surface area contributed by atoms with E-state index in [0.717, 1.165) is 0 Å². The SMILES string of the molecule is CC(C(=O)Nc1ccc(S(=O)(=O)Nc2ncccn2)cc1)N1C(=O)c2ccccc2S1(=O)=O. The number of nitrogens with one attached hydrogen (secondary N) is 2. The normalized spacial score (nSPS) is 15.5. The summed E-state index contributed by atoms with van der Waals surface area (Å²) in [5.74, 6) is -1.64. The van der Waals surface area contributed by atoms with Crippen LogP contribution in [0.1, 0.15) is 17.3 Å². The largest absolute Gasteiger partial charge is 0.324 e. The van der Waals surface area contributed by atoms with E-state index in [1.807, 2.05) is 0 Å². The molecule has 13 heteroatoms. The van der Waals surface area contributed by atoms with Crippen molar-refractivity contribution in [3.8, 4) is 0 Å². The Morgan fingerprint density at radius 3 is 2.27 bits per heavy atom. The van der Waals surface area contributed by atoms with Gasteiger partial charge in [0.05, 0.1) is 10.5 Å². The molecule has 1 unspecified atom stereocenters. The van der Waals surface area contributed by atoms with Gasteiger partial charge in [0.1, 0.15) is 10.9 Å². The standard InChI is InChI=1S/C20H17N5O6S2/c1-13(25-19(27)16-5-2-3-6-17(16)33(25,30)31)18(26)23-14-7-9-15(10-8-14)32(28,29)24-20-21-11-4-12-22-20/h2-13H,1H3,(H,23,26)(H,21,22,24). The molecular formula is C20H17N5O6S2. The molecule has 0 fully saturated rings. The highest BCUT2D eigenvalue weighted by atomic mass is 32.2. The molecule has 2 amide bonds. The Balaban J connectivity index is 1.49. The molecule has 1 aliphatic heterocycles. The van der Waals surface area contributed by atoms with E-state index in [1.54, 1.807) is 0 Å². The fourth-order valence-electron chi connectivity index (χ4n) is 3.19. The van der Waals surface area contributed by atoms with Crippen LogP contribution in [-0.4, -0.2) is 49.0 Å². The van der Waals surface area contributed by atoms with Gasteiger partial charge in [0.2, 0.25) is 11.9 Å². The quantitative estimate of drug-likeness (QED) is 0.529. The van der Waals surface area contributed by atoms with E-state index >= 15 is 0 Å². The number of fused-ring (bicyclic) bond motifs is 1. The number of anilines is 2. The minimum Gasteiger partial charge on any atom is -0.324 e. The van der Waals surface area contributed by atoms with Crippen LogP contribution in [-0.2, 0) is 24.8 Å². The number of amides is 2. The molecule has 3 aromatic rings. The lowest BCUT2D eigenvalue weighted by Crippen LogP contribution is -2.45. The van der Waals surface area contributed by atoms with Crippen molar-refractivity contribution in [1.82, 2.24) is 14.3 Å². The number of nitrogens with zero attached hydrogens (tertiary/aromatic N) is 3. The fourth-order valence-corrected chi connectivity index (χ4v) is 5.87. The van der Waals surface area contributed by atoms with Crippen molar-refractivity contribution >= 4 is 43.5 Å². The molecule has 0 saturated heterocycles. The Morgan fingerprint density at radius 2 is 1.64 bits per heavy atom. The van der Waals surface area contributed by atoms with E-state index in [-0.39, 0.29) is 27.0 Å². The summed E-state index contributed by atoms with van der Waals surface area (Å²) in [5.41, 5.74) is 0.213. The van der Waals surface area contributed by atoms with Gasteiger partial charge in [-0.05, 0) is 49.4 Å². The van der Waals surface area contributed by atoms with Crippen molar-refractivity contribution in [3.05, 3.63) is 72.6 Å². The fraction of sp³-hybridized carbons (Fsp3) is 0.100. The van der Waals surface area contributed by atoms with Gasteiger partial charge in [0.25, 0.3) is 26.0 Å². The number of carbonyl (C=O) groups is 2. The first-order valence-corrected chi connectivity index (χ1v) is 12.4. The molecule has 170 valence electrons. The van der Waals surface area contributed by atoms with Crippen LogP contribution in [0.4, 0.5) is 11.6 Å². The van der Waals surface area contributed by atoms with E-state index in [1.165, 1.54) is 73.9 Å². The molecule has 0 radical (unpaired) electrons. The summed E-state index contributed by atoms with van der Waals surface area (Å²) < 4.78 is 53.1. The Bertz CT molecular complexity index is 1440. The smallest absolute Gasteiger partial charge is 0.269 e. The summed E-state index contributed by atoms with van der Waals surface area (Å²) in [6, 6.07) is 11.1. The number of hydrogen-bond donors (Lipinski definition) is 2. The van der Waals surface area contributed by atoms with Gasteiger partial charge in [-0.25, -0.2) is 35.8 Å². The first-order valence-electron chi connectivity index (χ1n) is 9.50. The molecule has 4 rings (SSSR count). The molecule has 1 aliphatic rings. The first-order chi connectivity index (χ1) is 15.6. The van der Waals surface area contributed by atoms with Crippen molar-refractivity contribution < 1.29 is 26.4 Å². The number of aromatic nitrogens is 2. The van der Waals surface area contributed by atoms with Gasteiger partial charge < -0.3 is 5.32 Å². The lowest BCUT2D eigenvalue weighted by Gasteiger charge is -2.22. The van der Waals surface area contributed by atoms with Gasteiger partial charge in [-0.1, -0.05) is 12.1 Å². The lowest BCUT2D eigenvalue weighted by molar-refractivity contribution is -0.118. The average Bonchev–Trinajstić information content (AvgIpc) is 2.99. The molecule has 0 spiro atoms. The number of hydrogen-bond acceptors (Lipinski definition) is 8. The van der Waals surface area contributed by atoms with Gasteiger partial charge in [-0.2, -0.15) is 0 Å². The van der Waals surface area contributed by atoms with Crippen LogP contribution in [0, 0.1) is 0 Å². The van der Waals surface area contributed by atoms with Crippen molar-refractivity contribution in [2.75, 3.05) is 10.0 Å². The molecule has 1 atom stereocenters. The number of benzene rings is 2. The average molecular weight is 488 g/mol. The van der Waals surface area contributed by atoms with E-state index in [9.17, 15) is 26.4 Å². The molecule has 1 aromatic heterocycles. The second-order valence-corrected chi connectivity index (χ2v) is 10.4. The first kappa shape index (κ1) is 22.4. The third-order valence-corrected chi connectivity index (χ3v) is 8.07. The predicted octanol–water partition coefficient (Wildman–Crippen LogP) is 1.45. The summed E-state index contributed by atoms with van der Waals surface area (Å²) in [4.78, 5) is 32.6. The van der Waals surface area contributed by atoms with Gasteiger partial charge in [-0.15, -0.1) is 0 Å². The van der Waals surface area contributed by atoms with Crippen LogP contribution in [0.25, 0.3) is 0 Å². The molecule has 0 saturated carbocycles. The monoisotopic (exact) mass is 487 g/mol. The molecule has 0 bridgehead atoms. The number of carbonyl (C=O) groups excluding carboxylic acids is 2. The number of rotatable bonds is 6. The van der Waals surface area contributed by atoms with Crippen LogP contribution < -0.4 is 10.0 Å². The third kappa shape index (κ3) is 4.15. The summed E-state index contributed by atoms with van der Waals surface area (Å²) >= 11 is 0. The molecule has 11 nitrogen and oxygen atoms in total. The number of sulfonamides is 2. The van der Waals surface area contributed by atoms with Crippen LogP contribution in [0.2, 0.25) is 0 Å². The van der Waals surface area contributed by atoms with Crippen LogP contribution >= 0.6 is 0 Å². The van der Waals surface area contributed by atoms with Crippen LogP contribution in [0.5, 0.6) is 0 Å². The summed E-state index contributed by atoms with van der Waals surface area (Å²) in [6.07, 6.45) is 2.77. The molecular weight excluding hydrogens is 470 g/mol. The molecule has 2 heterocycles. The van der Waals surface area contributed by atoms with Crippen molar-refractivity contribution in [2.24, 2.45) is 0 Å². The zero-order chi connectivity index (χ0) is 23.8. The molecule has 33 heavy (non-hydrogen) atoms. The van der Waals surface area contributed by atoms with Crippen molar-refractivity contribution in [1.29, 1.82) is 0 Å². The Labute approximate surface area is 189 Å². The van der Waals surface area contributed by atoms with Gasteiger partial charge in [0.15, 0.2) is 0 Å². The molecule has 0 aliphatic carbocycles. The van der Waals surface area contributed by atoms with Crippen molar-refractivity contribution in [2.45, 2.75) is 22.8 Å². The highest BCUT2D eigenvalue weighted by Gasteiger charge is 2.45. The second-order valence-electron chi connectivity index (χ2n) is 6.97. The lowest BCUT2D eigenvalue weighted by atomic mass is 10.2. The van der Waals surface area contributed by atoms with Crippen molar-refractivity contribution in [3.63, 3.8) is 0 Å². The summed E-state index contributed by atoms with van der Waals surface area (Å²) in [6.45, 7) is 1.29. The summed E-state index contributed by atoms with van der Waals surface area (Å²) in [5, 5.41) is 2.49. The third-order valence-electron chi connectivity index (χ3n) is 4.81. The zero-order valence-corrected chi connectivity index (χ0v) is 18.7. The topological polar surface area (TPSA) is 155 Å². The highest BCUT2D eigenvalue weighted by molar-refractivity contribution is 7.92. The maximum atomic E-state index is 12.7. The minimum absolute atomic E-state index is 0.00149. The van der Waals surface area contributed by atoms with Gasteiger partial charge in [0, 0.05) is 18.1 Å². The summed E-state index contributed by atoms with van der Waals surface area (Å²) in [7, 11) is -8.13. The van der Waals surface area contributed by atoms with Gasteiger partial charge in [-0.3, -0.25) is 9.59 Å². The Morgan fingerprint density at radius 1 is 1.00 bits per heavy atom. The van der Waals surface area contributed by atoms with Crippen LogP contribution in [0.15, 0.2) is 76.8 Å². The Hall–Kier alpha value is -3.84. The minimum atomic E-state index is -4.16. The van der Waals surface area contributed by atoms with Crippen LogP contribution in [0.3, 0.4) is 0 Å². The predicted molar refractivity (Wildman–Crippen MR) is 117 cm³/mol. The van der Waals surface area contributed by atoms with E-state index in [0.29, 0.717) is 4.31 Å². The van der Waals surface area contributed by atoms with E-state index < -0.39 is 37.9 Å². The Kier molecular flexibility index (Phi) is 5.59. The molecule has 2 N–H and O–H groups in total. The second kappa shape index (κ2) is 8.26. The van der Waals surface area contributed by atoms with Gasteiger partial charge >= 0.3 is 0 Å².